The lowest BCUT2D eigenvalue weighted by Crippen LogP contribution is -2.23. The Balaban J connectivity index is 2.15. The number of aryl methyl sites for hydroxylation is 1. The molecule has 0 fully saturated rings. The van der Waals surface area contributed by atoms with Gasteiger partial charge in [-0.3, -0.25) is 0 Å². The Labute approximate surface area is 127 Å². The third kappa shape index (κ3) is 4.26. The SMILES string of the molecule is CCN(c1cccc(C)c1)c1ncc(CNC(C)C)cn1. The van der Waals surface area contributed by atoms with Crippen LogP contribution in [-0.4, -0.2) is 22.6 Å². The van der Waals surface area contributed by atoms with Gasteiger partial charge in [-0.2, -0.15) is 0 Å². The third-order valence-electron chi connectivity index (χ3n) is 3.28. The Bertz CT molecular complexity index is 563. The molecule has 0 radical (unpaired) electrons. The van der Waals surface area contributed by atoms with Crippen molar-refractivity contribution in [3.05, 3.63) is 47.8 Å². The van der Waals surface area contributed by atoms with Crippen LogP contribution < -0.4 is 10.2 Å². The van der Waals surface area contributed by atoms with Crippen molar-refractivity contribution in [1.82, 2.24) is 15.3 Å². The summed E-state index contributed by atoms with van der Waals surface area (Å²) in [6, 6.07) is 8.87. The Hall–Kier alpha value is -1.94. The van der Waals surface area contributed by atoms with Gasteiger partial charge in [0.15, 0.2) is 0 Å². The van der Waals surface area contributed by atoms with E-state index in [1.807, 2.05) is 12.4 Å². The van der Waals surface area contributed by atoms with Crippen molar-refractivity contribution in [2.45, 2.75) is 40.3 Å². The molecule has 0 aliphatic heterocycles. The molecule has 0 saturated heterocycles. The van der Waals surface area contributed by atoms with Crippen LogP contribution in [0.3, 0.4) is 0 Å². The van der Waals surface area contributed by atoms with Crippen LogP contribution in [0.1, 0.15) is 31.9 Å². The van der Waals surface area contributed by atoms with E-state index in [0.29, 0.717) is 6.04 Å². The Morgan fingerprint density at radius 2 is 1.90 bits per heavy atom. The van der Waals surface area contributed by atoms with Crippen LogP contribution in [0.25, 0.3) is 0 Å². The second-order valence-corrected chi connectivity index (χ2v) is 5.51. The lowest BCUT2D eigenvalue weighted by molar-refractivity contribution is 0.587. The lowest BCUT2D eigenvalue weighted by atomic mass is 10.2. The van der Waals surface area contributed by atoms with Crippen molar-refractivity contribution in [1.29, 1.82) is 0 Å². The largest absolute Gasteiger partial charge is 0.311 e. The molecular weight excluding hydrogens is 260 g/mol. The average molecular weight is 284 g/mol. The fourth-order valence-corrected chi connectivity index (χ4v) is 2.14. The molecule has 0 atom stereocenters. The van der Waals surface area contributed by atoms with E-state index < -0.39 is 0 Å². The Morgan fingerprint density at radius 1 is 1.19 bits per heavy atom. The van der Waals surface area contributed by atoms with E-state index in [-0.39, 0.29) is 0 Å². The fraction of sp³-hybridized carbons (Fsp3) is 0.412. The molecule has 1 heterocycles. The highest BCUT2D eigenvalue weighted by Crippen LogP contribution is 2.22. The zero-order valence-electron chi connectivity index (χ0n) is 13.3. The monoisotopic (exact) mass is 284 g/mol. The highest BCUT2D eigenvalue weighted by atomic mass is 15.2. The second-order valence-electron chi connectivity index (χ2n) is 5.51. The van der Waals surface area contributed by atoms with E-state index in [4.69, 9.17) is 0 Å². The van der Waals surface area contributed by atoms with E-state index in [1.165, 1.54) is 5.56 Å². The number of anilines is 2. The first kappa shape index (κ1) is 15.4. The van der Waals surface area contributed by atoms with Gasteiger partial charge in [0, 0.05) is 42.8 Å². The predicted molar refractivity (Wildman–Crippen MR) is 87.9 cm³/mol. The van der Waals surface area contributed by atoms with E-state index in [9.17, 15) is 0 Å². The highest BCUT2D eigenvalue weighted by Gasteiger charge is 2.10. The van der Waals surface area contributed by atoms with Crippen LogP contribution in [0, 0.1) is 6.92 Å². The van der Waals surface area contributed by atoms with Crippen molar-refractivity contribution < 1.29 is 0 Å². The summed E-state index contributed by atoms with van der Waals surface area (Å²) in [7, 11) is 0. The quantitative estimate of drug-likeness (QED) is 0.882. The van der Waals surface area contributed by atoms with E-state index >= 15 is 0 Å². The minimum absolute atomic E-state index is 0.462. The average Bonchev–Trinajstić information content (AvgIpc) is 2.47. The number of hydrogen-bond donors (Lipinski definition) is 1. The maximum atomic E-state index is 4.51. The Morgan fingerprint density at radius 3 is 2.48 bits per heavy atom. The van der Waals surface area contributed by atoms with Crippen LogP contribution in [0.2, 0.25) is 0 Å². The second kappa shape index (κ2) is 7.18. The van der Waals surface area contributed by atoms with Crippen molar-refractivity contribution in [2.24, 2.45) is 0 Å². The smallest absolute Gasteiger partial charge is 0.229 e. The van der Waals surface area contributed by atoms with Gasteiger partial charge in [-0.15, -0.1) is 0 Å². The van der Waals surface area contributed by atoms with Crippen LogP contribution in [0.5, 0.6) is 0 Å². The molecule has 112 valence electrons. The van der Waals surface area contributed by atoms with Gasteiger partial charge in [0.25, 0.3) is 0 Å². The molecule has 1 aromatic carbocycles. The molecule has 0 amide bonds. The molecule has 4 nitrogen and oxygen atoms in total. The molecule has 2 aromatic rings. The molecule has 2 rings (SSSR count). The van der Waals surface area contributed by atoms with Crippen molar-refractivity contribution in [3.8, 4) is 0 Å². The molecule has 0 unspecified atom stereocenters. The summed E-state index contributed by atoms with van der Waals surface area (Å²) in [6.07, 6.45) is 3.80. The molecule has 0 spiro atoms. The summed E-state index contributed by atoms with van der Waals surface area (Å²) < 4.78 is 0. The molecular formula is C17H24N4. The van der Waals surface area contributed by atoms with E-state index in [2.05, 4.69) is 72.1 Å². The predicted octanol–water partition coefficient (Wildman–Crippen LogP) is 3.44. The van der Waals surface area contributed by atoms with Crippen LogP contribution in [0.15, 0.2) is 36.7 Å². The van der Waals surface area contributed by atoms with Gasteiger partial charge in [-0.05, 0) is 31.5 Å². The minimum Gasteiger partial charge on any atom is -0.311 e. The molecule has 0 bridgehead atoms. The zero-order valence-corrected chi connectivity index (χ0v) is 13.3. The first-order valence-electron chi connectivity index (χ1n) is 7.48. The molecule has 0 aliphatic rings. The van der Waals surface area contributed by atoms with Gasteiger partial charge in [-0.1, -0.05) is 26.0 Å². The summed E-state index contributed by atoms with van der Waals surface area (Å²) in [6.45, 7) is 10.1. The molecule has 21 heavy (non-hydrogen) atoms. The maximum absolute atomic E-state index is 4.51. The summed E-state index contributed by atoms with van der Waals surface area (Å²) >= 11 is 0. The number of benzene rings is 1. The lowest BCUT2D eigenvalue weighted by Gasteiger charge is -2.21. The molecule has 1 aromatic heterocycles. The minimum atomic E-state index is 0.462. The van der Waals surface area contributed by atoms with Crippen LogP contribution in [-0.2, 0) is 6.54 Å². The molecule has 0 aliphatic carbocycles. The van der Waals surface area contributed by atoms with Gasteiger partial charge in [0.2, 0.25) is 5.95 Å². The number of nitrogens with zero attached hydrogens (tertiary/aromatic N) is 3. The van der Waals surface area contributed by atoms with Crippen molar-refractivity contribution >= 4 is 11.6 Å². The topological polar surface area (TPSA) is 41.1 Å². The van der Waals surface area contributed by atoms with Crippen molar-refractivity contribution in [2.75, 3.05) is 11.4 Å². The first-order valence-corrected chi connectivity index (χ1v) is 7.48. The van der Waals surface area contributed by atoms with Gasteiger partial charge in [-0.25, -0.2) is 9.97 Å². The number of hydrogen-bond acceptors (Lipinski definition) is 4. The highest BCUT2D eigenvalue weighted by molar-refractivity contribution is 5.57. The standard InChI is InChI=1S/C17H24N4/c1-5-21(16-8-6-7-14(4)9-16)17-19-11-15(12-20-17)10-18-13(2)3/h6-9,11-13,18H,5,10H2,1-4H3. The third-order valence-corrected chi connectivity index (χ3v) is 3.28. The first-order chi connectivity index (χ1) is 10.1. The Kier molecular flexibility index (Phi) is 5.28. The van der Waals surface area contributed by atoms with Crippen LogP contribution in [0.4, 0.5) is 11.6 Å². The molecule has 4 heteroatoms. The van der Waals surface area contributed by atoms with Gasteiger partial charge >= 0.3 is 0 Å². The summed E-state index contributed by atoms with van der Waals surface area (Å²) in [5, 5.41) is 3.37. The van der Waals surface area contributed by atoms with Crippen LogP contribution >= 0.6 is 0 Å². The van der Waals surface area contributed by atoms with E-state index in [1.54, 1.807) is 0 Å². The normalized spacial score (nSPS) is 10.9. The zero-order chi connectivity index (χ0) is 15.2. The van der Waals surface area contributed by atoms with E-state index in [0.717, 1.165) is 30.3 Å². The summed E-state index contributed by atoms with van der Waals surface area (Å²) in [5.74, 6) is 0.747. The number of nitrogens with one attached hydrogen (secondary N) is 1. The number of rotatable bonds is 6. The molecule has 1 N–H and O–H groups in total. The molecule has 0 saturated carbocycles. The number of aromatic nitrogens is 2. The summed E-state index contributed by atoms with van der Waals surface area (Å²) in [4.78, 5) is 11.1. The summed E-state index contributed by atoms with van der Waals surface area (Å²) in [5.41, 5.74) is 3.47. The van der Waals surface area contributed by atoms with Gasteiger partial charge in [0.05, 0.1) is 0 Å². The van der Waals surface area contributed by atoms with Gasteiger partial charge in [0.1, 0.15) is 0 Å². The maximum Gasteiger partial charge on any atom is 0.229 e. The van der Waals surface area contributed by atoms with Gasteiger partial charge < -0.3 is 10.2 Å². The fourth-order valence-electron chi connectivity index (χ4n) is 2.14. The van der Waals surface area contributed by atoms with Crippen molar-refractivity contribution in [3.63, 3.8) is 0 Å².